The quantitative estimate of drug-likeness (QED) is 0.446. The maximum atomic E-state index is 5.48. The van der Waals surface area contributed by atoms with Crippen molar-refractivity contribution in [1.82, 2.24) is 0 Å². The van der Waals surface area contributed by atoms with Crippen LogP contribution in [0.2, 0.25) is 0 Å². The lowest BCUT2D eigenvalue weighted by Crippen LogP contribution is -1.98. The first-order valence-corrected chi connectivity index (χ1v) is 3.41. The van der Waals surface area contributed by atoms with Gasteiger partial charge >= 0.3 is 0 Å². The molecule has 1 aliphatic carbocycles. The highest BCUT2D eigenvalue weighted by Crippen LogP contribution is 2.36. The molecule has 1 heterocycles. The predicted octanol–water partition coefficient (Wildman–Crippen LogP) is 1.87. The summed E-state index contributed by atoms with van der Waals surface area (Å²) in [6.45, 7) is 2.03. The zero-order chi connectivity index (χ0) is 6.27. The molecule has 48 valence electrons. The molecule has 0 spiro atoms. The van der Waals surface area contributed by atoms with Gasteiger partial charge < -0.3 is 4.74 Å². The molecule has 1 heteroatoms. The number of hydrogen-bond acceptors (Lipinski definition) is 1. The fourth-order valence-corrected chi connectivity index (χ4v) is 1.51. The van der Waals surface area contributed by atoms with Crippen molar-refractivity contribution in [3.8, 4) is 0 Å². The Kier molecular flexibility index (Phi) is 0.922. The Morgan fingerprint density at radius 2 is 2.56 bits per heavy atom. The molecule has 0 aromatic rings. The maximum Gasteiger partial charge on any atom is 0.117 e. The summed E-state index contributed by atoms with van der Waals surface area (Å²) in [4.78, 5) is 0. The third kappa shape index (κ3) is 0.607. The Morgan fingerprint density at radius 3 is 2.89 bits per heavy atom. The average Bonchev–Trinajstić information content (AvgIpc) is 2.45. The Hall–Kier alpha value is -0.720. The summed E-state index contributed by atoms with van der Waals surface area (Å²) in [7, 11) is 0. The zero-order valence-corrected chi connectivity index (χ0v) is 5.50. The molecule has 2 aliphatic rings. The minimum absolute atomic E-state index is 0.404. The molecule has 0 radical (unpaired) electrons. The van der Waals surface area contributed by atoms with Crippen LogP contribution in [0.5, 0.6) is 0 Å². The van der Waals surface area contributed by atoms with Gasteiger partial charge in [0.25, 0.3) is 0 Å². The SMILES string of the molecule is CC=C1OC2C=CC1C2. The number of rotatable bonds is 0. The fraction of sp³-hybridized carbons (Fsp3) is 0.500. The number of allylic oxidation sites excluding steroid dienone is 2. The summed E-state index contributed by atoms with van der Waals surface area (Å²) >= 11 is 0. The Bertz CT molecular complexity index is 179. The molecule has 0 aromatic heterocycles. The molecule has 1 aliphatic heterocycles. The number of fused-ring (bicyclic) bond motifs is 2. The van der Waals surface area contributed by atoms with Crippen molar-refractivity contribution >= 4 is 0 Å². The second-order valence-electron chi connectivity index (χ2n) is 2.57. The summed E-state index contributed by atoms with van der Waals surface area (Å²) in [5.41, 5.74) is 0. The first-order valence-electron chi connectivity index (χ1n) is 3.41. The molecular weight excluding hydrogens is 112 g/mol. The van der Waals surface area contributed by atoms with Gasteiger partial charge in [0, 0.05) is 12.3 Å². The summed E-state index contributed by atoms with van der Waals surface area (Å²) < 4.78 is 5.48. The fourth-order valence-electron chi connectivity index (χ4n) is 1.51. The van der Waals surface area contributed by atoms with Crippen LogP contribution < -0.4 is 0 Å². The van der Waals surface area contributed by atoms with E-state index in [1.54, 1.807) is 0 Å². The second-order valence-corrected chi connectivity index (χ2v) is 2.57. The predicted molar refractivity (Wildman–Crippen MR) is 35.9 cm³/mol. The Balaban J connectivity index is 2.29. The summed E-state index contributed by atoms with van der Waals surface area (Å²) in [6, 6.07) is 0. The van der Waals surface area contributed by atoms with Crippen LogP contribution in [0.25, 0.3) is 0 Å². The van der Waals surface area contributed by atoms with Crippen molar-refractivity contribution in [2.45, 2.75) is 19.4 Å². The van der Waals surface area contributed by atoms with Gasteiger partial charge in [-0.25, -0.2) is 0 Å². The summed E-state index contributed by atoms with van der Waals surface area (Å²) in [5, 5.41) is 0. The molecule has 1 saturated heterocycles. The van der Waals surface area contributed by atoms with Crippen LogP contribution in [0.1, 0.15) is 13.3 Å². The van der Waals surface area contributed by atoms with Crippen molar-refractivity contribution in [3.05, 3.63) is 24.0 Å². The van der Waals surface area contributed by atoms with Gasteiger partial charge in [-0.2, -0.15) is 0 Å². The lowest BCUT2D eigenvalue weighted by atomic mass is 10.1. The van der Waals surface area contributed by atoms with Crippen LogP contribution in [0, 0.1) is 5.92 Å². The molecule has 9 heavy (non-hydrogen) atoms. The third-order valence-corrected chi connectivity index (χ3v) is 1.98. The van der Waals surface area contributed by atoms with Gasteiger partial charge in [0.1, 0.15) is 6.10 Å². The van der Waals surface area contributed by atoms with Crippen molar-refractivity contribution in [2.75, 3.05) is 0 Å². The van der Waals surface area contributed by atoms with E-state index in [4.69, 9.17) is 4.74 Å². The van der Waals surface area contributed by atoms with Gasteiger partial charge in [0.05, 0.1) is 5.76 Å². The third-order valence-electron chi connectivity index (χ3n) is 1.98. The molecule has 0 saturated carbocycles. The van der Waals surface area contributed by atoms with Crippen molar-refractivity contribution in [3.63, 3.8) is 0 Å². The van der Waals surface area contributed by atoms with Crippen LogP contribution in [-0.2, 0) is 4.74 Å². The summed E-state index contributed by atoms with van der Waals surface area (Å²) in [6.07, 6.45) is 8.04. The van der Waals surface area contributed by atoms with Crippen LogP contribution in [-0.4, -0.2) is 6.10 Å². The molecule has 2 bridgehead atoms. The number of ether oxygens (including phenoxy) is 1. The van der Waals surface area contributed by atoms with Gasteiger partial charge in [-0.05, 0) is 19.1 Å². The lowest BCUT2D eigenvalue weighted by Gasteiger charge is -2.08. The summed E-state index contributed by atoms with van der Waals surface area (Å²) in [5.74, 6) is 1.78. The smallest absolute Gasteiger partial charge is 0.117 e. The lowest BCUT2D eigenvalue weighted by molar-refractivity contribution is 0.196. The highest BCUT2D eigenvalue weighted by atomic mass is 16.5. The molecule has 2 unspecified atom stereocenters. The highest BCUT2D eigenvalue weighted by molar-refractivity contribution is 5.21. The topological polar surface area (TPSA) is 9.23 Å². The van der Waals surface area contributed by atoms with Crippen molar-refractivity contribution < 1.29 is 4.74 Å². The Labute approximate surface area is 55.0 Å². The molecular formula is C8H10O. The van der Waals surface area contributed by atoms with E-state index in [1.807, 2.05) is 6.92 Å². The van der Waals surface area contributed by atoms with Gasteiger partial charge in [-0.15, -0.1) is 0 Å². The number of hydrogen-bond donors (Lipinski definition) is 0. The molecule has 2 rings (SSSR count). The largest absolute Gasteiger partial charge is 0.490 e. The minimum Gasteiger partial charge on any atom is -0.490 e. The van der Waals surface area contributed by atoms with E-state index in [1.165, 1.54) is 12.2 Å². The zero-order valence-electron chi connectivity index (χ0n) is 5.50. The van der Waals surface area contributed by atoms with Crippen LogP contribution in [0.15, 0.2) is 24.0 Å². The van der Waals surface area contributed by atoms with E-state index in [0.29, 0.717) is 12.0 Å². The van der Waals surface area contributed by atoms with E-state index < -0.39 is 0 Å². The van der Waals surface area contributed by atoms with Gasteiger partial charge in [-0.1, -0.05) is 6.08 Å². The van der Waals surface area contributed by atoms with Crippen molar-refractivity contribution in [2.24, 2.45) is 5.92 Å². The molecule has 1 fully saturated rings. The first-order chi connectivity index (χ1) is 4.40. The molecule has 0 aromatic carbocycles. The van der Waals surface area contributed by atoms with Crippen LogP contribution >= 0.6 is 0 Å². The molecule has 0 N–H and O–H groups in total. The van der Waals surface area contributed by atoms with E-state index >= 15 is 0 Å². The normalized spacial score (nSPS) is 42.1. The molecule has 1 nitrogen and oxygen atoms in total. The van der Waals surface area contributed by atoms with E-state index in [9.17, 15) is 0 Å². The van der Waals surface area contributed by atoms with Gasteiger partial charge in [-0.3, -0.25) is 0 Å². The Morgan fingerprint density at radius 1 is 1.67 bits per heavy atom. The standard InChI is InChI=1S/C8H10O/c1-2-8-6-3-4-7(5-6)9-8/h2-4,6-7H,5H2,1H3. The van der Waals surface area contributed by atoms with E-state index in [-0.39, 0.29) is 0 Å². The van der Waals surface area contributed by atoms with Crippen LogP contribution in [0.3, 0.4) is 0 Å². The molecule has 0 amide bonds. The highest BCUT2D eigenvalue weighted by Gasteiger charge is 2.31. The van der Waals surface area contributed by atoms with E-state index in [2.05, 4.69) is 18.2 Å². The first kappa shape index (κ1) is 5.10. The average molecular weight is 122 g/mol. The maximum absolute atomic E-state index is 5.48. The van der Waals surface area contributed by atoms with Gasteiger partial charge in [0.15, 0.2) is 0 Å². The van der Waals surface area contributed by atoms with Crippen LogP contribution in [0.4, 0.5) is 0 Å². The second kappa shape index (κ2) is 1.63. The van der Waals surface area contributed by atoms with Crippen molar-refractivity contribution in [1.29, 1.82) is 0 Å². The molecule has 2 atom stereocenters. The minimum atomic E-state index is 0.404. The van der Waals surface area contributed by atoms with E-state index in [0.717, 1.165) is 0 Å². The monoisotopic (exact) mass is 122 g/mol. The van der Waals surface area contributed by atoms with Gasteiger partial charge in [0.2, 0.25) is 0 Å².